The molecule has 23 heavy (non-hydrogen) atoms. The summed E-state index contributed by atoms with van der Waals surface area (Å²) in [5.74, 6) is 1.21. The van der Waals surface area contributed by atoms with Crippen molar-refractivity contribution in [1.82, 2.24) is 0 Å². The summed E-state index contributed by atoms with van der Waals surface area (Å²) in [7, 11) is 0. The quantitative estimate of drug-likeness (QED) is 0.360. The molecule has 0 aromatic heterocycles. The molecule has 2 atom stereocenters. The standard InChI is InChI=1S/C18H22O5/c1-4-21-16(19)11-8-12-20-13-15-17(23-18(2,3)22-15)14-9-6-5-7-10-14/h5-7,9-10,15,17H,4,12-13H2,1-3H3/t15-,17-/m1/s1/i2D3,3D3. The SMILES string of the molecule is [2H]C([2H])([2H])C1(C([2H])([2H])[2H])O[C@H](c2ccccc2)[C@@H](COCC#CC(=O)OCC)O1. The maximum absolute atomic E-state index is 11.2. The van der Waals surface area contributed by atoms with Gasteiger partial charge in [0.2, 0.25) is 0 Å². The first-order valence-electron chi connectivity index (χ1n) is 10.2. The average molecular weight is 324 g/mol. The molecule has 0 N–H and O–H groups in total. The molecular weight excluding hydrogens is 296 g/mol. The Kier molecular flexibility index (Phi) is 3.82. The second-order valence-electron chi connectivity index (χ2n) is 4.76. The summed E-state index contributed by atoms with van der Waals surface area (Å²) < 4.78 is 67.4. The lowest BCUT2D eigenvalue weighted by atomic mass is 10.1. The van der Waals surface area contributed by atoms with Crippen LogP contribution in [0.15, 0.2) is 30.3 Å². The van der Waals surface area contributed by atoms with Gasteiger partial charge in [0, 0.05) is 14.1 Å². The molecule has 5 nitrogen and oxygen atoms in total. The van der Waals surface area contributed by atoms with E-state index in [0.717, 1.165) is 0 Å². The molecule has 0 saturated carbocycles. The summed E-state index contributed by atoms with van der Waals surface area (Å²) >= 11 is 0. The molecular formula is C18H22O5. The molecule has 1 saturated heterocycles. The number of rotatable bonds is 5. The Morgan fingerprint density at radius 1 is 1.35 bits per heavy atom. The van der Waals surface area contributed by atoms with Gasteiger partial charge < -0.3 is 18.9 Å². The minimum Gasteiger partial charge on any atom is -0.456 e. The fourth-order valence-corrected chi connectivity index (χ4v) is 2.11. The second-order valence-corrected chi connectivity index (χ2v) is 4.76. The van der Waals surface area contributed by atoms with Crippen LogP contribution in [0.3, 0.4) is 0 Å². The van der Waals surface area contributed by atoms with Gasteiger partial charge in [-0.1, -0.05) is 36.3 Å². The first kappa shape index (κ1) is 10.8. The largest absolute Gasteiger partial charge is 0.456 e. The van der Waals surface area contributed by atoms with Gasteiger partial charge in [0.15, 0.2) is 5.79 Å². The van der Waals surface area contributed by atoms with E-state index in [0.29, 0.717) is 5.56 Å². The first-order valence-corrected chi connectivity index (χ1v) is 7.16. The fourth-order valence-electron chi connectivity index (χ4n) is 2.11. The third kappa shape index (κ3) is 5.36. The van der Waals surface area contributed by atoms with Crippen molar-refractivity contribution < 1.29 is 32.0 Å². The lowest BCUT2D eigenvalue weighted by Crippen LogP contribution is -2.24. The molecule has 0 aliphatic carbocycles. The van der Waals surface area contributed by atoms with E-state index in [1.165, 1.54) is 0 Å². The number of hydrogen-bond acceptors (Lipinski definition) is 5. The second kappa shape index (κ2) is 8.11. The van der Waals surface area contributed by atoms with Crippen LogP contribution in [0.4, 0.5) is 0 Å². The van der Waals surface area contributed by atoms with Gasteiger partial charge in [-0.25, -0.2) is 4.79 Å². The van der Waals surface area contributed by atoms with E-state index in [4.69, 9.17) is 22.4 Å². The van der Waals surface area contributed by atoms with Gasteiger partial charge in [0.05, 0.1) is 13.2 Å². The maximum atomic E-state index is 11.2. The van der Waals surface area contributed by atoms with Gasteiger partial charge >= 0.3 is 5.97 Å². The van der Waals surface area contributed by atoms with Crippen LogP contribution in [0.5, 0.6) is 0 Å². The number of esters is 1. The Hall–Kier alpha value is -1.87. The van der Waals surface area contributed by atoms with E-state index in [9.17, 15) is 4.79 Å². The lowest BCUT2D eigenvalue weighted by molar-refractivity contribution is -0.150. The zero-order valence-electron chi connectivity index (χ0n) is 18.7. The Labute approximate surface area is 145 Å². The Morgan fingerprint density at radius 2 is 2.13 bits per heavy atom. The molecule has 5 heteroatoms. The molecule has 0 bridgehead atoms. The van der Waals surface area contributed by atoms with E-state index in [1.54, 1.807) is 37.3 Å². The van der Waals surface area contributed by atoms with Crippen molar-refractivity contribution in [2.24, 2.45) is 0 Å². The number of hydrogen-bond donors (Lipinski definition) is 0. The maximum Gasteiger partial charge on any atom is 0.384 e. The molecule has 0 radical (unpaired) electrons. The van der Waals surface area contributed by atoms with Crippen LogP contribution >= 0.6 is 0 Å². The Balaban J connectivity index is 2.20. The van der Waals surface area contributed by atoms with E-state index < -0.39 is 37.7 Å². The normalized spacial score (nSPS) is 27.2. The molecule has 124 valence electrons. The zero-order valence-corrected chi connectivity index (χ0v) is 12.7. The minimum absolute atomic E-state index is 0.158. The smallest absolute Gasteiger partial charge is 0.384 e. The third-order valence-corrected chi connectivity index (χ3v) is 3.00. The van der Waals surface area contributed by atoms with Crippen molar-refractivity contribution in [2.45, 2.75) is 38.6 Å². The van der Waals surface area contributed by atoms with Gasteiger partial charge in [-0.05, 0) is 26.2 Å². The van der Waals surface area contributed by atoms with Crippen molar-refractivity contribution in [3.8, 4) is 11.8 Å². The van der Waals surface area contributed by atoms with Crippen LogP contribution in [-0.2, 0) is 23.7 Å². The summed E-state index contributed by atoms with van der Waals surface area (Å²) in [6.07, 6.45) is -1.99. The summed E-state index contributed by atoms with van der Waals surface area (Å²) in [4.78, 5) is 11.2. The predicted octanol–water partition coefficient (Wildman–Crippen LogP) is 2.46. The summed E-state index contributed by atoms with van der Waals surface area (Å²) in [6, 6.07) is 8.54. The molecule has 1 aliphatic heterocycles. The average Bonchev–Trinajstić information content (AvgIpc) is 3.03. The number of benzene rings is 1. The summed E-state index contributed by atoms with van der Waals surface area (Å²) in [6.45, 7) is -4.63. The first-order chi connectivity index (χ1) is 13.5. The molecule has 0 amide bonds. The number of ether oxygens (including phenoxy) is 4. The molecule has 1 heterocycles. The molecule has 2 rings (SSSR count). The van der Waals surface area contributed by atoms with E-state index in [2.05, 4.69) is 16.6 Å². The van der Waals surface area contributed by atoms with Crippen LogP contribution < -0.4 is 0 Å². The Morgan fingerprint density at radius 3 is 2.83 bits per heavy atom. The summed E-state index contributed by atoms with van der Waals surface area (Å²) in [5.41, 5.74) is 0.550. The van der Waals surface area contributed by atoms with Crippen LogP contribution in [0.2, 0.25) is 0 Å². The van der Waals surface area contributed by atoms with E-state index >= 15 is 0 Å². The van der Waals surface area contributed by atoms with Crippen LogP contribution in [0.25, 0.3) is 0 Å². The monoisotopic (exact) mass is 324 g/mol. The van der Waals surface area contributed by atoms with Gasteiger partial charge in [0.25, 0.3) is 0 Å². The minimum atomic E-state index is -3.07. The predicted molar refractivity (Wildman–Crippen MR) is 84.4 cm³/mol. The topological polar surface area (TPSA) is 54.0 Å². The van der Waals surface area contributed by atoms with Gasteiger partial charge in [-0.3, -0.25) is 0 Å². The molecule has 0 spiro atoms. The summed E-state index contributed by atoms with van der Waals surface area (Å²) in [5, 5.41) is 0. The number of carbonyl (C=O) groups excluding carboxylic acids is 1. The number of carbonyl (C=O) groups is 1. The van der Waals surface area contributed by atoms with Crippen molar-refractivity contribution in [1.29, 1.82) is 0 Å². The fraction of sp³-hybridized carbons (Fsp3) is 0.500. The van der Waals surface area contributed by atoms with Crippen LogP contribution in [-0.4, -0.2) is 37.7 Å². The Bertz CT molecular complexity index is 736. The van der Waals surface area contributed by atoms with Crippen molar-refractivity contribution in [3.63, 3.8) is 0 Å². The van der Waals surface area contributed by atoms with Crippen LogP contribution in [0, 0.1) is 11.8 Å². The molecule has 1 aromatic rings. The van der Waals surface area contributed by atoms with Crippen molar-refractivity contribution in [2.75, 3.05) is 19.8 Å². The highest BCUT2D eigenvalue weighted by Gasteiger charge is 2.41. The third-order valence-electron chi connectivity index (χ3n) is 3.00. The van der Waals surface area contributed by atoms with Gasteiger partial charge in [-0.2, -0.15) is 0 Å². The van der Waals surface area contributed by atoms with Crippen molar-refractivity contribution in [3.05, 3.63) is 35.9 Å². The highest BCUT2D eigenvalue weighted by molar-refractivity contribution is 5.88. The van der Waals surface area contributed by atoms with Gasteiger partial charge in [0.1, 0.15) is 18.8 Å². The highest BCUT2D eigenvalue weighted by atomic mass is 16.8. The van der Waals surface area contributed by atoms with Crippen LogP contribution in [0.1, 0.15) is 40.5 Å². The van der Waals surface area contributed by atoms with Gasteiger partial charge in [-0.15, -0.1) is 0 Å². The van der Waals surface area contributed by atoms with E-state index in [1.807, 2.05) is 0 Å². The highest BCUT2D eigenvalue weighted by Crippen LogP contribution is 2.38. The molecule has 0 unspecified atom stereocenters. The van der Waals surface area contributed by atoms with E-state index in [-0.39, 0.29) is 19.8 Å². The van der Waals surface area contributed by atoms with Crippen molar-refractivity contribution >= 4 is 5.97 Å². The molecule has 1 fully saturated rings. The molecule has 1 aliphatic rings. The molecule has 1 aromatic carbocycles. The zero-order chi connectivity index (χ0) is 21.7. The lowest BCUT2D eigenvalue weighted by Gasteiger charge is -2.16.